The molecular weight excluding hydrogens is 306 g/mol. The van der Waals surface area contributed by atoms with E-state index < -0.39 is 0 Å². The number of anilines is 1. The number of nitrogens with zero attached hydrogens (tertiary/aromatic N) is 1. The van der Waals surface area contributed by atoms with Gasteiger partial charge in [-0.3, -0.25) is 0 Å². The summed E-state index contributed by atoms with van der Waals surface area (Å²) in [6.45, 7) is 3.01. The highest BCUT2D eigenvalue weighted by atomic mass is 79.9. The number of nitrogens with one attached hydrogen (secondary N) is 2. The van der Waals surface area contributed by atoms with Crippen LogP contribution in [-0.2, 0) is 0 Å². The van der Waals surface area contributed by atoms with Crippen molar-refractivity contribution < 1.29 is 4.79 Å². The number of piperidine rings is 1. The van der Waals surface area contributed by atoms with Crippen molar-refractivity contribution in [2.45, 2.75) is 12.8 Å². The van der Waals surface area contributed by atoms with Gasteiger partial charge in [-0.1, -0.05) is 15.9 Å². The Kier molecular flexibility index (Phi) is 5.22. The molecule has 1 aromatic carbocycles. The summed E-state index contributed by atoms with van der Waals surface area (Å²) in [5.41, 5.74) is 0.809. The molecule has 4 nitrogen and oxygen atoms in total. The van der Waals surface area contributed by atoms with Crippen molar-refractivity contribution in [3.05, 3.63) is 28.7 Å². The largest absolute Gasteiger partial charge is 0.338 e. The topological polar surface area (TPSA) is 44.4 Å². The number of hydrogen-bond acceptors (Lipinski definition) is 2. The molecule has 104 valence electrons. The zero-order chi connectivity index (χ0) is 13.7. The fraction of sp³-hybridized carbons (Fsp3) is 0.500. The molecular formula is C14H20BrN3O. The molecule has 0 radical (unpaired) electrons. The minimum absolute atomic E-state index is 0.124. The minimum atomic E-state index is -0.124. The third kappa shape index (κ3) is 4.84. The first-order valence-electron chi connectivity index (χ1n) is 6.62. The van der Waals surface area contributed by atoms with Gasteiger partial charge in [-0.25, -0.2) is 4.79 Å². The van der Waals surface area contributed by atoms with Crippen LogP contribution in [0.3, 0.4) is 0 Å². The smallest absolute Gasteiger partial charge is 0.319 e. The van der Waals surface area contributed by atoms with Crippen molar-refractivity contribution in [1.82, 2.24) is 10.2 Å². The summed E-state index contributed by atoms with van der Waals surface area (Å²) in [7, 11) is 2.14. The van der Waals surface area contributed by atoms with Crippen LogP contribution in [0.2, 0.25) is 0 Å². The molecule has 0 unspecified atom stereocenters. The third-order valence-electron chi connectivity index (χ3n) is 3.49. The molecule has 2 rings (SSSR count). The molecule has 0 atom stereocenters. The summed E-state index contributed by atoms with van der Waals surface area (Å²) >= 11 is 3.37. The second kappa shape index (κ2) is 6.91. The number of amides is 2. The average Bonchev–Trinajstić information content (AvgIpc) is 2.41. The third-order valence-corrected chi connectivity index (χ3v) is 4.02. The Balaban J connectivity index is 1.71. The van der Waals surface area contributed by atoms with E-state index in [-0.39, 0.29) is 6.03 Å². The van der Waals surface area contributed by atoms with Crippen LogP contribution in [0.4, 0.5) is 10.5 Å². The van der Waals surface area contributed by atoms with E-state index in [4.69, 9.17) is 0 Å². The van der Waals surface area contributed by atoms with E-state index in [1.54, 1.807) is 0 Å². The van der Waals surface area contributed by atoms with Crippen LogP contribution in [0.1, 0.15) is 12.8 Å². The molecule has 1 heterocycles. The van der Waals surface area contributed by atoms with Crippen molar-refractivity contribution in [3.63, 3.8) is 0 Å². The highest BCUT2D eigenvalue weighted by Crippen LogP contribution is 2.15. The number of hydrogen-bond donors (Lipinski definition) is 2. The highest BCUT2D eigenvalue weighted by molar-refractivity contribution is 9.10. The van der Waals surface area contributed by atoms with Crippen LogP contribution in [0, 0.1) is 5.92 Å². The molecule has 0 saturated carbocycles. The van der Waals surface area contributed by atoms with E-state index in [1.165, 1.54) is 0 Å². The van der Waals surface area contributed by atoms with Crippen LogP contribution in [0.25, 0.3) is 0 Å². The van der Waals surface area contributed by atoms with Gasteiger partial charge >= 0.3 is 6.03 Å². The number of carbonyl (C=O) groups excluding carboxylic acids is 1. The lowest BCUT2D eigenvalue weighted by Gasteiger charge is -2.28. The fourth-order valence-corrected chi connectivity index (χ4v) is 2.48. The number of benzene rings is 1. The molecule has 1 saturated heterocycles. The van der Waals surface area contributed by atoms with E-state index >= 15 is 0 Å². The minimum Gasteiger partial charge on any atom is -0.338 e. The zero-order valence-electron chi connectivity index (χ0n) is 11.2. The predicted octanol–water partition coefficient (Wildman–Crippen LogP) is 2.91. The first kappa shape index (κ1) is 14.3. The van der Waals surface area contributed by atoms with Gasteiger partial charge in [0.05, 0.1) is 0 Å². The number of halogens is 1. The summed E-state index contributed by atoms with van der Waals surface area (Å²) in [6.07, 6.45) is 2.32. The molecule has 1 aliphatic rings. The molecule has 2 amide bonds. The van der Waals surface area contributed by atoms with Crippen LogP contribution in [0.5, 0.6) is 0 Å². The van der Waals surface area contributed by atoms with Crippen molar-refractivity contribution in [2.75, 3.05) is 32.0 Å². The van der Waals surface area contributed by atoms with Crippen LogP contribution < -0.4 is 10.6 Å². The Morgan fingerprint density at radius 3 is 2.58 bits per heavy atom. The van der Waals surface area contributed by atoms with Crippen molar-refractivity contribution in [2.24, 2.45) is 5.92 Å². The van der Waals surface area contributed by atoms with Crippen LogP contribution >= 0.6 is 15.9 Å². The second-order valence-electron chi connectivity index (χ2n) is 5.09. The Hall–Kier alpha value is -1.07. The maximum Gasteiger partial charge on any atom is 0.319 e. The predicted molar refractivity (Wildman–Crippen MR) is 81.4 cm³/mol. The van der Waals surface area contributed by atoms with E-state index in [0.717, 1.165) is 42.6 Å². The molecule has 0 aliphatic carbocycles. The summed E-state index contributed by atoms with van der Waals surface area (Å²) in [4.78, 5) is 14.1. The van der Waals surface area contributed by atoms with E-state index in [1.807, 2.05) is 24.3 Å². The maximum atomic E-state index is 11.8. The Morgan fingerprint density at radius 1 is 1.32 bits per heavy atom. The molecule has 0 spiro atoms. The van der Waals surface area contributed by atoms with Gasteiger partial charge in [0.25, 0.3) is 0 Å². The molecule has 1 fully saturated rings. The van der Waals surface area contributed by atoms with Gasteiger partial charge < -0.3 is 15.5 Å². The van der Waals surface area contributed by atoms with Crippen LogP contribution in [-0.4, -0.2) is 37.6 Å². The molecule has 1 aromatic rings. The number of carbonyl (C=O) groups is 1. The summed E-state index contributed by atoms with van der Waals surface area (Å²) in [6, 6.07) is 7.44. The number of rotatable bonds is 3. The Labute approximate surface area is 122 Å². The van der Waals surface area contributed by atoms with Crippen molar-refractivity contribution >= 4 is 27.6 Å². The van der Waals surface area contributed by atoms with Gasteiger partial charge in [-0.2, -0.15) is 0 Å². The Bertz CT molecular complexity index is 413. The highest BCUT2D eigenvalue weighted by Gasteiger charge is 2.17. The summed E-state index contributed by atoms with van der Waals surface area (Å²) in [5, 5.41) is 5.79. The molecule has 19 heavy (non-hydrogen) atoms. The van der Waals surface area contributed by atoms with Crippen LogP contribution in [0.15, 0.2) is 28.7 Å². The molecule has 5 heteroatoms. The van der Waals surface area contributed by atoms with Crippen molar-refractivity contribution in [1.29, 1.82) is 0 Å². The zero-order valence-corrected chi connectivity index (χ0v) is 12.7. The van der Waals surface area contributed by atoms with E-state index in [2.05, 4.69) is 38.5 Å². The van der Waals surface area contributed by atoms with Crippen molar-refractivity contribution in [3.8, 4) is 0 Å². The lowest BCUT2D eigenvalue weighted by molar-refractivity contribution is 0.213. The fourth-order valence-electron chi connectivity index (χ4n) is 2.21. The van der Waals surface area contributed by atoms with Gasteiger partial charge in [-0.15, -0.1) is 0 Å². The first-order chi connectivity index (χ1) is 9.13. The quantitative estimate of drug-likeness (QED) is 0.897. The normalized spacial score (nSPS) is 17.2. The average molecular weight is 326 g/mol. The number of urea groups is 1. The SMILES string of the molecule is CN1CCC(CNC(=O)Nc2ccc(Br)cc2)CC1. The van der Waals surface area contributed by atoms with Gasteiger partial charge in [-0.05, 0) is 63.2 Å². The summed E-state index contributed by atoms with van der Waals surface area (Å²) in [5.74, 6) is 0.604. The standard InChI is InChI=1S/C14H20BrN3O/c1-18-8-6-11(7-9-18)10-16-14(19)17-13-4-2-12(15)3-5-13/h2-5,11H,6-10H2,1H3,(H2,16,17,19). The first-order valence-corrected chi connectivity index (χ1v) is 7.42. The summed E-state index contributed by atoms with van der Waals surface area (Å²) < 4.78 is 1.00. The molecule has 1 aliphatic heterocycles. The monoisotopic (exact) mass is 325 g/mol. The Morgan fingerprint density at radius 2 is 1.95 bits per heavy atom. The lowest BCUT2D eigenvalue weighted by atomic mass is 9.97. The molecule has 0 bridgehead atoms. The second-order valence-corrected chi connectivity index (χ2v) is 6.00. The lowest BCUT2D eigenvalue weighted by Crippen LogP contribution is -2.38. The molecule has 2 N–H and O–H groups in total. The van der Waals surface area contributed by atoms with E-state index in [0.29, 0.717) is 5.92 Å². The molecule has 0 aromatic heterocycles. The van der Waals surface area contributed by atoms with Gasteiger partial charge in [0.2, 0.25) is 0 Å². The maximum absolute atomic E-state index is 11.8. The van der Waals surface area contributed by atoms with Gasteiger partial charge in [0.1, 0.15) is 0 Å². The van der Waals surface area contributed by atoms with E-state index in [9.17, 15) is 4.79 Å². The number of likely N-dealkylation sites (tertiary alicyclic amines) is 1. The van der Waals surface area contributed by atoms with Gasteiger partial charge in [0.15, 0.2) is 0 Å². The van der Waals surface area contributed by atoms with Gasteiger partial charge in [0, 0.05) is 16.7 Å².